The molecule has 0 aliphatic carbocycles. The summed E-state index contributed by atoms with van der Waals surface area (Å²) in [5.74, 6) is 1.09. The highest BCUT2D eigenvalue weighted by molar-refractivity contribution is 7.15. The quantitative estimate of drug-likeness (QED) is 0.505. The molecule has 0 spiro atoms. The van der Waals surface area contributed by atoms with Gasteiger partial charge in [0.1, 0.15) is 5.82 Å². The number of benzene rings is 2. The number of thiazole rings is 1. The molecule has 30 heavy (non-hydrogen) atoms. The van der Waals surface area contributed by atoms with Crippen LogP contribution in [0.25, 0.3) is 16.2 Å². The molecule has 8 heteroatoms. The monoisotopic (exact) mass is 423 g/mol. The maximum atomic E-state index is 14.0. The molecule has 1 aliphatic heterocycles. The van der Waals surface area contributed by atoms with Crippen LogP contribution in [0.5, 0.6) is 11.5 Å². The Kier molecular flexibility index (Phi) is 4.84. The first-order chi connectivity index (χ1) is 14.7. The smallest absolute Gasteiger partial charge is 0.231 e. The Labute approximate surface area is 175 Å². The second-order valence-corrected chi connectivity index (χ2v) is 7.79. The minimum Gasteiger partial charge on any atom is -0.454 e. The molecule has 1 N–H and O–H groups in total. The van der Waals surface area contributed by atoms with Gasteiger partial charge < -0.3 is 14.8 Å². The predicted molar refractivity (Wildman–Crippen MR) is 111 cm³/mol. The van der Waals surface area contributed by atoms with E-state index in [1.54, 1.807) is 18.2 Å². The largest absolute Gasteiger partial charge is 0.454 e. The van der Waals surface area contributed by atoms with Gasteiger partial charge in [-0.15, -0.1) is 11.3 Å². The minimum absolute atomic E-state index is 0.0403. The first kappa shape index (κ1) is 18.6. The van der Waals surface area contributed by atoms with Gasteiger partial charge in [-0.3, -0.25) is 9.20 Å². The molecule has 0 atom stereocenters. The van der Waals surface area contributed by atoms with Gasteiger partial charge in [0.15, 0.2) is 16.5 Å². The normalized spacial score (nSPS) is 12.4. The Bertz CT molecular complexity index is 1230. The maximum absolute atomic E-state index is 14.0. The van der Waals surface area contributed by atoms with Gasteiger partial charge in [0.2, 0.25) is 12.7 Å². The standard InChI is InChI=1S/C22H18FN3O3S/c23-17-4-2-1-3-16(17)18-11-26-15(12-30-22(26)25-18)6-8-21(27)24-10-14-5-7-19-20(9-14)29-13-28-19/h1-5,7,9,11-12H,6,8,10,13H2,(H,24,27). The minimum atomic E-state index is -0.298. The van der Waals surface area contributed by atoms with Gasteiger partial charge in [-0.25, -0.2) is 9.37 Å². The van der Waals surface area contributed by atoms with Crippen molar-refractivity contribution in [1.82, 2.24) is 14.7 Å². The van der Waals surface area contributed by atoms with Crippen molar-refractivity contribution < 1.29 is 18.7 Å². The van der Waals surface area contributed by atoms with Crippen LogP contribution in [0.4, 0.5) is 4.39 Å². The van der Waals surface area contributed by atoms with Gasteiger partial charge >= 0.3 is 0 Å². The van der Waals surface area contributed by atoms with E-state index in [4.69, 9.17) is 9.47 Å². The van der Waals surface area contributed by atoms with Crippen LogP contribution in [-0.2, 0) is 17.8 Å². The molecule has 4 aromatic rings. The zero-order valence-electron chi connectivity index (χ0n) is 15.9. The fourth-order valence-corrected chi connectivity index (χ4v) is 4.30. The van der Waals surface area contributed by atoms with E-state index in [2.05, 4.69) is 10.3 Å². The van der Waals surface area contributed by atoms with E-state index < -0.39 is 0 Å². The molecule has 152 valence electrons. The van der Waals surface area contributed by atoms with Crippen LogP contribution in [-0.4, -0.2) is 22.1 Å². The lowest BCUT2D eigenvalue weighted by Crippen LogP contribution is -2.23. The summed E-state index contributed by atoms with van der Waals surface area (Å²) < 4.78 is 26.6. The number of fused-ring (bicyclic) bond motifs is 2. The first-order valence-electron chi connectivity index (χ1n) is 9.53. The number of amides is 1. The number of rotatable bonds is 6. The van der Waals surface area contributed by atoms with Crippen molar-refractivity contribution in [2.24, 2.45) is 0 Å². The van der Waals surface area contributed by atoms with Gasteiger partial charge in [0.25, 0.3) is 0 Å². The molecule has 3 heterocycles. The van der Waals surface area contributed by atoms with Gasteiger partial charge in [-0.2, -0.15) is 0 Å². The second kappa shape index (κ2) is 7.79. The summed E-state index contributed by atoms with van der Waals surface area (Å²) >= 11 is 1.48. The van der Waals surface area contributed by atoms with Crippen molar-refractivity contribution in [2.45, 2.75) is 19.4 Å². The molecule has 1 amide bonds. The third-order valence-electron chi connectivity index (χ3n) is 4.97. The Hall–Kier alpha value is -3.39. The van der Waals surface area contributed by atoms with Crippen molar-refractivity contribution >= 4 is 22.2 Å². The Morgan fingerprint density at radius 2 is 2.07 bits per heavy atom. The van der Waals surface area contributed by atoms with Crippen LogP contribution in [0, 0.1) is 5.82 Å². The van der Waals surface area contributed by atoms with Crippen LogP contribution in [0.3, 0.4) is 0 Å². The Morgan fingerprint density at radius 1 is 1.20 bits per heavy atom. The number of aromatic nitrogens is 2. The second-order valence-electron chi connectivity index (χ2n) is 6.95. The number of carbonyl (C=O) groups excluding carboxylic acids is 1. The molecule has 2 aromatic carbocycles. The zero-order chi connectivity index (χ0) is 20.5. The van der Waals surface area contributed by atoms with E-state index in [9.17, 15) is 9.18 Å². The van der Waals surface area contributed by atoms with E-state index in [-0.39, 0.29) is 18.5 Å². The van der Waals surface area contributed by atoms with Crippen molar-refractivity contribution in [3.05, 3.63) is 71.1 Å². The summed E-state index contributed by atoms with van der Waals surface area (Å²) in [6, 6.07) is 12.2. The van der Waals surface area contributed by atoms with Crippen LogP contribution in [0.15, 0.2) is 54.0 Å². The third kappa shape index (κ3) is 3.61. The van der Waals surface area contributed by atoms with Crippen molar-refractivity contribution in [3.63, 3.8) is 0 Å². The van der Waals surface area contributed by atoms with Crippen molar-refractivity contribution in [2.75, 3.05) is 6.79 Å². The fourth-order valence-electron chi connectivity index (χ4n) is 3.39. The lowest BCUT2D eigenvalue weighted by atomic mass is 10.1. The fraction of sp³-hybridized carbons (Fsp3) is 0.182. The first-order valence-corrected chi connectivity index (χ1v) is 10.4. The lowest BCUT2D eigenvalue weighted by Gasteiger charge is -2.06. The number of hydrogen-bond acceptors (Lipinski definition) is 5. The van der Waals surface area contributed by atoms with E-state index in [0.29, 0.717) is 36.4 Å². The number of hydrogen-bond donors (Lipinski definition) is 1. The number of nitrogens with one attached hydrogen (secondary N) is 1. The number of nitrogens with zero attached hydrogens (tertiary/aromatic N) is 2. The van der Waals surface area contributed by atoms with Crippen LogP contribution >= 0.6 is 11.3 Å². The van der Waals surface area contributed by atoms with Gasteiger partial charge in [-0.05, 0) is 36.2 Å². The van der Waals surface area contributed by atoms with E-state index >= 15 is 0 Å². The molecule has 2 aromatic heterocycles. The van der Waals surface area contributed by atoms with Gasteiger partial charge in [0.05, 0.1) is 5.69 Å². The molecule has 6 nitrogen and oxygen atoms in total. The van der Waals surface area contributed by atoms with E-state index in [0.717, 1.165) is 22.0 Å². The summed E-state index contributed by atoms with van der Waals surface area (Å²) in [5.41, 5.74) is 2.99. The highest BCUT2D eigenvalue weighted by atomic mass is 32.1. The molecule has 0 saturated heterocycles. The highest BCUT2D eigenvalue weighted by Crippen LogP contribution is 2.32. The third-order valence-corrected chi connectivity index (χ3v) is 5.86. The summed E-state index contributed by atoms with van der Waals surface area (Å²) in [6.45, 7) is 0.657. The summed E-state index contributed by atoms with van der Waals surface area (Å²) in [4.78, 5) is 17.6. The average molecular weight is 423 g/mol. The van der Waals surface area contributed by atoms with Gasteiger partial charge in [0, 0.05) is 35.8 Å². The molecular formula is C22H18FN3O3S. The molecule has 1 aliphatic rings. The topological polar surface area (TPSA) is 64.9 Å². The number of aryl methyl sites for hydroxylation is 1. The molecule has 0 bridgehead atoms. The Morgan fingerprint density at radius 3 is 2.97 bits per heavy atom. The number of carbonyl (C=O) groups is 1. The number of ether oxygens (including phenoxy) is 2. The predicted octanol–water partition coefficient (Wildman–Crippen LogP) is 4.18. The van der Waals surface area contributed by atoms with Crippen LogP contribution < -0.4 is 14.8 Å². The van der Waals surface area contributed by atoms with Crippen LogP contribution in [0.2, 0.25) is 0 Å². The molecule has 0 radical (unpaired) electrons. The van der Waals surface area contributed by atoms with Crippen LogP contribution in [0.1, 0.15) is 17.7 Å². The maximum Gasteiger partial charge on any atom is 0.231 e. The molecule has 5 rings (SSSR count). The molecule has 0 unspecified atom stereocenters. The van der Waals surface area contributed by atoms with E-state index in [1.807, 2.05) is 34.2 Å². The van der Waals surface area contributed by atoms with Crippen molar-refractivity contribution in [3.8, 4) is 22.8 Å². The zero-order valence-corrected chi connectivity index (χ0v) is 16.7. The SMILES string of the molecule is O=C(CCc1csc2nc(-c3ccccc3F)cn12)NCc1ccc2c(c1)OCO2. The average Bonchev–Trinajstić information content (AvgIpc) is 3.46. The highest BCUT2D eigenvalue weighted by Gasteiger charge is 2.15. The summed E-state index contributed by atoms with van der Waals surface area (Å²) in [7, 11) is 0. The Balaban J connectivity index is 1.22. The van der Waals surface area contributed by atoms with Crippen molar-refractivity contribution in [1.29, 1.82) is 0 Å². The lowest BCUT2D eigenvalue weighted by molar-refractivity contribution is -0.121. The number of halogens is 1. The van der Waals surface area contributed by atoms with Gasteiger partial charge in [-0.1, -0.05) is 18.2 Å². The molecular weight excluding hydrogens is 405 g/mol. The van der Waals surface area contributed by atoms with E-state index in [1.165, 1.54) is 17.4 Å². The molecule has 0 fully saturated rings. The summed E-state index contributed by atoms with van der Waals surface area (Å²) in [6.07, 6.45) is 2.74. The molecule has 0 saturated carbocycles. The number of imidazole rings is 1. The summed E-state index contributed by atoms with van der Waals surface area (Å²) in [5, 5.41) is 4.92.